The van der Waals surface area contributed by atoms with Crippen molar-refractivity contribution in [2.75, 3.05) is 4.72 Å². The monoisotopic (exact) mass is 294 g/mol. The summed E-state index contributed by atoms with van der Waals surface area (Å²) in [5.41, 5.74) is 7.70. The molecule has 108 valence electrons. The maximum atomic E-state index is 12.4. The highest BCUT2D eigenvalue weighted by atomic mass is 32.2. The summed E-state index contributed by atoms with van der Waals surface area (Å²) >= 11 is 0. The van der Waals surface area contributed by atoms with E-state index < -0.39 is 10.0 Å². The Morgan fingerprint density at radius 3 is 2.75 bits per heavy atom. The van der Waals surface area contributed by atoms with Gasteiger partial charge < -0.3 is 10.3 Å². The molecule has 0 saturated heterocycles. The Morgan fingerprint density at radius 2 is 2.20 bits per heavy atom. The molecule has 6 nitrogen and oxygen atoms in total. The van der Waals surface area contributed by atoms with Crippen LogP contribution in [-0.4, -0.2) is 18.0 Å². The van der Waals surface area contributed by atoms with Crippen molar-refractivity contribution in [1.29, 1.82) is 0 Å². The Morgan fingerprint density at radius 1 is 1.45 bits per heavy atom. The number of aryl methyl sites for hydroxylation is 2. The molecule has 3 N–H and O–H groups in total. The molecule has 2 heterocycles. The lowest BCUT2D eigenvalue weighted by Gasteiger charge is -2.08. The van der Waals surface area contributed by atoms with Gasteiger partial charge in [0.05, 0.1) is 11.9 Å². The number of anilines is 1. The Balaban J connectivity index is 2.36. The second-order valence-electron chi connectivity index (χ2n) is 4.45. The number of hydrogen-bond acceptors (Lipinski definition) is 4. The molecular weight excluding hydrogens is 276 g/mol. The van der Waals surface area contributed by atoms with Crippen molar-refractivity contribution in [2.45, 2.75) is 31.8 Å². The Bertz CT molecular complexity index is 685. The van der Waals surface area contributed by atoms with Gasteiger partial charge in [0.1, 0.15) is 4.90 Å². The standard InChI is InChI=1S/C13H18N4O2S/c1-3-17-9-12(6-11(17)7-14)20(18,19)16-13-8-15-5-4-10(13)2/h4-6,8-9,16H,3,7,14H2,1-2H3. The summed E-state index contributed by atoms with van der Waals surface area (Å²) in [5, 5.41) is 0. The highest BCUT2D eigenvalue weighted by Gasteiger charge is 2.18. The number of aromatic nitrogens is 2. The summed E-state index contributed by atoms with van der Waals surface area (Å²) in [6.45, 7) is 4.74. The zero-order chi connectivity index (χ0) is 14.8. The van der Waals surface area contributed by atoms with Crippen LogP contribution in [0.1, 0.15) is 18.2 Å². The number of sulfonamides is 1. The topological polar surface area (TPSA) is 90.0 Å². The van der Waals surface area contributed by atoms with Gasteiger partial charge in [0.15, 0.2) is 0 Å². The molecule has 0 aliphatic heterocycles. The molecule has 2 rings (SSSR count). The van der Waals surface area contributed by atoms with Gasteiger partial charge in [0, 0.05) is 31.2 Å². The van der Waals surface area contributed by atoms with Crippen LogP contribution in [0.15, 0.2) is 35.6 Å². The first kappa shape index (κ1) is 14.5. The molecule has 0 amide bonds. The third kappa shape index (κ3) is 2.83. The Hall–Kier alpha value is -1.86. The maximum absolute atomic E-state index is 12.4. The predicted octanol–water partition coefficient (Wildman–Crippen LogP) is 1.47. The van der Waals surface area contributed by atoms with E-state index in [-0.39, 0.29) is 4.90 Å². The molecule has 0 fully saturated rings. The van der Waals surface area contributed by atoms with Crippen LogP contribution in [0.2, 0.25) is 0 Å². The van der Waals surface area contributed by atoms with Crippen LogP contribution in [0.3, 0.4) is 0 Å². The smallest absolute Gasteiger partial charge is 0.263 e. The van der Waals surface area contributed by atoms with E-state index in [1.807, 2.05) is 18.4 Å². The molecule has 7 heteroatoms. The number of nitrogens with two attached hydrogens (primary N) is 1. The minimum atomic E-state index is -3.62. The fraction of sp³-hybridized carbons (Fsp3) is 0.308. The average molecular weight is 294 g/mol. The molecule has 0 saturated carbocycles. The Labute approximate surface area is 118 Å². The minimum absolute atomic E-state index is 0.211. The van der Waals surface area contributed by atoms with E-state index in [1.54, 1.807) is 24.5 Å². The predicted molar refractivity (Wildman–Crippen MR) is 77.8 cm³/mol. The number of nitrogens with zero attached hydrogens (tertiary/aromatic N) is 2. The lowest BCUT2D eigenvalue weighted by atomic mass is 10.3. The molecule has 0 radical (unpaired) electrons. The van der Waals surface area contributed by atoms with Crippen LogP contribution in [0, 0.1) is 6.92 Å². The Kier molecular flexibility index (Phi) is 4.10. The van der Waals surface area contributed by atoms with Crippen molar-refractivity contribution < 1.29 is 8.42 Å². The maximum Gasteiger partial charge on any atom is 0.263 e. The van der Waals surface area contributed by atoms with Crippen LogP contribution in [0.25, 0.3) is 0 Å². The zero-order valence-corrected chi connectivity index (χ0v) is 12.3. The fourth-order valence-electron chi connectivity index (χ4n) is 1.91. The first-order valence-corrected chi connectivity index (χ1v) is 7.78. The summed E-state index contributed by atoms with van der Waals surface area (Å²) in [5.74, 6) is 0. The summed E-state index contributed by atoms with van der Waals surface area (Å²) < 4.78 is 29.1. The van der Waals surface area contributed by atoms with Gasteiger partial charge in [-0.3, -0.25) is 9.71 Å². The fourth-order valence-corrected chi connectivity index (χ4v) is 3.09. The molecule has 0 spiro atoms. The first-order chi connectivity index (χ1) is 9.47. The lowest BCUT2D eigenvalue weighted by molar-refractivity contribution is 0.600. The van der Waals surface area contributed by atoms with Crippen LogP contribution < -0.4 is 10.5 Å². The number of hydrogen-bond donors (Lipinski definition) is 2. The van der Waals surface area contributed by atoms with Crippen LogP contribution in [-0.2, 0) is 23.1 Å². The SMILES string of the molecule is CCn1cc(S(=O)(=O)Nc2cnccc2C)cc1CN. The largest absolute Gasteiger partial charge is 0.349 e. The average Bonchev–Trinajstić information content (AvgIpc) is 2.85. The summed E-state index contributed by atoms with van der Waals surface area (Å²) in [6.07, 6.45) is 4.71. The highest BCUT2D eigenvalue weighted by Crippen LogP contribution is 2.20. The van der Waals surface area contributed by atoms with E-state index in [4.69, 9.17) is 5.73 Å². The molecule has 0 aromatic carbocycles. The van der Waals surface area contributed by atoms with Gasteiger partial charge in [-0.1, -0.05) is 0 Å². The highest BCUT2D eigenvalue weighted by molar-refractivity contribution is 7.92. The quantitative estimate of drug-likeness (QED) is 0.873. The van der Waals surface area contributed by atoms with Crippen molar-refractivity contribution >= 4 is 15.7 Å². The number of nitrogens with one attached hydrogen (secondary N) is 1. The second kappa shape index (κ2) is 5.64. The van der Waals surface area contributed by atoms with E-state index >= 15 is 0 Å². The number of pyridine rings is 1. The van der Waals surface area contributed by atoms with Gasteiger partial charge in [-0.05, 0) is 31.5 Å². The van der Waals surface area contributed by atoms with Crippen LogP contribution in [0.5, 0.6) is 0 Å². The number of rotatable bonds is 5. The van der Waals surface area contributed by atoms with Crippen molar-refractivity contribution in [2.24, 2.45) is 5.73 Å². The zero-order valence-electron chi connectivity index (χ0n) is 11.5. The third-order valence-electron chi connectivity index (χ3n) is 3.10. The summed E-state index contributed by atoms with van der Waals surface area (Å²) in [7, 11) is -3.62. The van der Waals surface area contributed by atoms with E-state index in [9.17, 15) is 8.42 Å². The van der Waals surface area contributed by atoms with E-state index in [2.05, 4.69) is 9.71 Å². The van der Waals surface area contributed by atoms with Crippen molar-refractivity contribution in [1.82, 2.24) is 9.55 Å². The molecule has 2 aromatic heterocycles. The molecule has 0 aliphatic carbocycles. The van der Waals surface area contributed by atoms with Gasteiger partial charge in [0.25, 0.3) is 10.0 Å². The molecular formula is C13H18N4O2S. The second-order valence-corrected chi connectivity index (χ2v) is 6.14. The van der Waals surface area contributed by atoms with Gasteiger partial charge in [-0.25, -0.2) is 8.42 Å². The normalized spacial score (nSPS) is 11.6. The van der Waals surface area contributed by atoms with Gasteiger partial charge in [0.2, 0.25) is 0 Å². The molecule has 0 bridgehead atoms. The molecule has 20 heavy (non-hydrogen) atoms. The van der Waals surface area contributed by atoms with E-state index in [0.717, 1.165) is 11.3 Å². The van der Waals surface area contributed by atoms with E-state index in [1.165, 1.54) is 6.20 Å². The molecule has 2 aromatic rings. The van der Waals surface area contributed by atoms with Crippen molar-refractivity contribution in [3.63, 3.8) is 0 Å². The molecule has 0 atom stereocenters. The molecule has 0 unspecified atom stereocenters. The molecule has 0 aliphatic rings. The van der Waals surface area contributed by atoms with Gasteiger partial charge >= 0.3 is 0 Å². The van der Waals surface area contributed by atoms with Crippen LogP contribution >= 0.6 is 0 Å². The minimum Gasteiger partial charge on any atom is -0.349 e. The summed E-state index contributed by atoms with van der Waals surface area (Å²) in [6, 6.07) is 3.35. The third-order valence-corrected chi connectivity index (χ3v) is 4.44. The first-order valence-electron chi connectivity index (χ1n) is 6.30. The van der Waals surface area contributed by atoms with Crippen molar-refractivity contribution in [3.8, 4) is 0 Å². The van der Waals surface area contributed by atoms with E-state index in [0.29, 0.717) is 18.8 Å². The van der Waals surface area contributed by atoms with Crippen LogP contribution in [0.4, 0.5) is 5.69 Å². The van der Waals surface area contributed by atoms with Crippen molar-refractivity contribution in [3.05, 3.63) is 42.0 Å². The van der Waals surface area contributed by atoms with Gasteiger partial charge in [-0.2, -0.15) is 0 Å². The van der Waals surface area contributed by atoms with Gasteiger partial charge in [-0.15, -0.1) is 0 Å². The summed E-state index contributed by atoms with van der Waals surface area (Å²) in [4.78, 5) is 4.14. The lowest BCUT2D eigenvalue weighted by Crippen LogP contribution is -2.13.